The molecule has 0 amide bonds. The molecule has 1 atom stereocenters. The molecule has 1 unspecified atom stereocenters. The van der Waals surface area contributed by atoms with Crippen LogP contribution in [0, 0.1) is 0 Å². The van der Waals surface area contributed by atoms with Crippen LogP contribution in [0.2, 0.25) is 0 Å². The molecule has 0 bridgehead atoms. The van der Waals surface area contributed by atoms with E-state index in [2.05, 4.69) is 41.5 Å². The van der Waals surface area contributed by atoms with Gasteiger partial charge in [-0.15, -0.1) is 0 Å². The second-order valence-electron chi connectivity index (χ2n) is 9.27. The molecule has 3 nitrogen and oxygen atoms in total. The summed E-state index contributed by atoms with van der Waals surface area (Å²) in [5.74, 6) is 1.46. The van der Waals surface area contributed by atoms with Crippen molar-refractivity contribution in [3.8, 4) is 5.75 Å². The maximum Gasteiger partial charge on any atom is 0.314 e. The van der Waals surface area contributed by atoms with Crippen LogP contribution in [-0.4, -0.2) is 27.7 Å². The molecule has 4 heteroatoms. The number of aromatic hydroxyl groups is 1. The smallest absolute Gasteiger partial charge is 0.314 e. The van der Waals surface area contributed by atoms with E-state index in [1.807, 2.05) is 23.9 Å². The third-order valence-electron chi connectivity index (χ3n) is 5.25. The van der Waals surface area contributed by atoms with Crippen molar-refractivity contribution < 1.29 is 15.0 Å². The van der Waals surface area contributed by atoms with Crippen LogP contribution in [-0.2, 0) is 21.0 Å². The molecule has 1 aromatic rings. The second kappa shape index (κ2) is 6.86. The molecule has 25 heavy (non-hydrogen) atoms. The number of thioether (sulfide) groups is 1. The summed E-state index contributed by atoms with van der Waals surface area (Å²) in [6.45, 7) is 12.4. The largest absolute Gasteiger partial charge is 0.507 e. The summed E-state index contributed by atoms with van der Waals surface area (Å²) >= 11 is 1.84. The number of phenols is 1. The molecule has 2 rings (SSSR count). The van der Waals surface area contributed by atoms with Gasteiger partial charge in [-0.25, -0.2) is 0 Å². The fraction of sp³-hybridized carbons (Fsp3) is 0.667. The van der Waals surface area contributed by atoms with Crippen molar-refractivity contribution in [3.63, 3.8) is 0 Å². The Kier molecular flexibility index (Phi) is 5.53. The van der Waals surface area contributed by atoms with E-state index in [4.69, 9.17) is 0 Å². The lowest BCUT2D eigenvalue weighted by Gasteiger charge is -2.34. The summed E-state index contributed by atoms with van der Waals surface area (Å²) in [5.41, 5.74) is 1.19. The van der Waals surface area contributed by atoms with Gasteiger partial charge in [-0.3, -0.25) is 4.79 Å². The maximum atomic E-state index is 12.4. The summed E-state index contributed by atoms with van der Waals surface area (Å²) in [5, 5.41) is 21.1. The number of carboxylic acids is 1. The molecule has 0 aliphatic carbocycles. The zero-order valence-corrected chi connectivity index (χ0v) is 17.2. The van der Waals surface area contributed by atoms with E-state index in [1.54, 1.807) is 0 Å². The lowest BCUT2D eigenvalue weighted by Crippen LogP contribution is -2.37. The minimum Gasteiger partial charge on any atom is -0.507 e. The number of benzene rings is 1. The predicted octanol–water partition coefficient (Wildman–Crippen LogP) is 5.23. The zero-order chi connectivity index (χ0) is 19.0. The highest BCUT2D eigenvalue weighted by Crippen LogP contribution is 2.45. The number of hydrogen-bond donors (Lipinski definition) is 2. The summed E-state index contributed by atoms with van der Waals surface area (Å²) in [4.78, 5) is 12.4. The molecule has 1 aromatic carbocycles. The van der Waals surface area contributed by atoms with Crippen molar-refractivity contribution in [2.75, 3.05) is 11.5 Å². The van der Waals surface area contributed by atoms with E-state index < -0.39 is 11.4 Å². The Bertz CT molecular complexity index is 607. The van der Waals surface area contributed by atoms with Crippen LogP contribution in [0.15, 0.2) is 12.1 Å². The first kappa shape index (κ1) is 20.2. The van der Waals surface area contributed by atoms with Gasteiger partial charge in [0.1, 0.15) is 5.75 Å². The molecule has 0 radical (unpaired) electrons. The van der Waals surface area contributed by atoms with E-state index in [-0.39, 0.29) is 10.8 Å². The third-order valence-corrected chi connectivity index (χ3v) is 6.32. The highest BCUT2D eigenvalue weighted by Gasteiger charge is 2.42. The Morgan fingerprint density at radius 3 is 1.96 bits per heavy atom. The number of carboxylic acid groups (broad SMARTS) is 1. The van der Waals surface area contributed by atoms with Gasteiger partial charge >= 0.3 is 5.97 Å². The monoisotopic (exact) mass is 364 g/mol. The highest BCUT2D eigenvalue weighted by molar-refractivity contribution is 7.99. The summed E-state index contributed by atoms with van der Waals surface area (Å²) in [6, 6.07) is 3.91. The van der Waals surface area contributed by atoms with Gasteiger partial charge in [0, 0.05) is 0 Å². The lowest BCUT2D eigenvalue weighted by atomic mass is 9.70. The van der Waals surface area contributed by atoms with Crippen molar-refractivity contribution in [2.45, 2.75) is 77.0 Å². The number of aliphatic carboxylic acids is 1. The molecule has 1 aliphatic heterocycles. The van der Waals surface area contributed by atoms with Crippen molar-refractivity contribution in [1.29, 1.82) is 0 Å². The number of phenolic OH excluding ortho intramolecular Hbond substituents is 1. The molecule has 1 saturated heterocycles. The Morgan fingerprint density at radius 2 is 1.52 bits per heavy atom. The minimum atomic E-state index is -0.850. The number of hydrogen-bond acceptors (Lipinski definition) is 3. The van der Waals surface area contributed by atoms with E-state index in [1.165, 1.54) is 0 Å². The fourth-order valence-electron chi connectivity index (χ4n) is 3.63. The number of carbonyl (C=O) groups is 1. The van der Waals surface area contributed by atoms with Gasteiger partial charge in [-0.1, -0.05) is 53.7 Å². The maximum absolute atomic E-state index is 12.4. The second-order valence-corrected chi connectivity index (χ2v) is 10.5. The van der Waals surface area contributed by atoms with Gasteiger partial charge in [-0.05, 0) is 58.3 Å². The molecule has 1 aliphatic rings. The molecule has 0 aromatic heterocycles. The van der Waals surface area contributed by atoms with Crippen LogP contribution in [0.25, 0.3) is 0 Å². The Hall–Kier alpha value is -1.16. The van der Waals surface area contributed by atoms with E-state index >= 15 is 0 Å². The first-order valence-electron chi connectivity index (χ1n) is 9.09. The lowest BCUT2D eigenvalue weighted by molar-refractivity contribution is -0.144. The van der Waals surface area contributed by atoms with Crippen molar-refractivity contribution in [1.82, 2.24) is 0 Å². The van der Waals surface area contributed by atoms with Gasteiger partial charge in [0.15, 0.2) is 0 Å². The molecule has 140 valence electrons. The van der Waals surface area contributed by atoms with Crippen molar-refractivity contribution in [3.05, 3.63) is 28.8 Å². The van der Waals surface area contributed by atoms with E-state index in [0.717, 1.165) is 34.6 Å². The molecular formula is C21H32O3S. The zero-order valence-electron chi connectivity index (χ0n) is 16.4. The molecule has 2 N–H and O–H groups in total. The van der Waals surface area contributed by atoms with Crippen LogP contribution in [0.1, 0.15) is 77.5 Å². The van der Waals surface area contributed by atoms with Crippen LogP contribution < -0.4 is 0 Å². The third kappa shape index (κ3) is 3.99. The molecule has 1 fully saturated rings. The van der Waals surface area contributed by atoms with Crippen LogP contribution in [0.4, 0.5) is 0 Å². The first-order valence-corrected chi connectivity index (χ1v) is 10.2. The standard InChI is InChI=1S/C21H32O3S/c1-19(2,3)15-12-14(13-16(17(15)22)20(4,5)6)21(18(23)24)8-7-10-25-11-9-21/h12-13,22H,7-11H2,1-6H3,(H,23,24). The summed E-state index contributed by atoms with van der Waals surface area (Å²) < 4.78 is 0. The minimum absolute atomic E-state index is 0.251. The molecule has 1 heterocycles. The molecule has 0 saturated carbocycles. The highest BCUT2D eigenvalue weighted by atomic mass is 32.2. The van der Waals surface area contributed by atoms with Gasteiger partial charge in [0.2, 0.25) is 0 Å². The van der Waals surface area contributed by atoms with Crippen LogP contribution in [0.5, 0.6) is 5.75 Å². The summed E-state index contributed by atoms with van der Waals surface area (Å²) in [6.07, 6.45) is 2.21. The molecular weight excluding hydrogens is 332 g/mol. The van der Waals surface area contributed by atoms with Gasteiger partial charge in [0.25, 0.3) is 0 Å². The average molecular weight is 365 g/mol. The molecule has 0 spiro atoms. The van der Waals surface area contributed by atoms with Crippen LogP contribution >= 0.6 is 11.8 Å². The first-order chi connectivity index (χ1) is 11.4. The normalized spacial score (nSPS) is 22.5. The van der Waals surface area contributed by atoms with Crippen molar-refractivity contribution >= 4 is 17.7 Å². The van der Waals surface area contributed by atoms with Gasteiger partial charge in [0.05, 0.1) is 5.41 Å². The van der Waals surface area contributed by atoms with Gasteiger partial charge in [-0.2, -0.15) is 11.8 Å². The Balaban J connectivity index is 2.77. The fourth-order valence-corrected chi connectivity index (χ4v) is 4.68. The number of rotatable bonds is 2. The quantitative estimate of drug-likeness (QED) is 0.755. The Morgan fingerprint density at radius 1 is 1.00 bits per heavy atom. The van der Waals surface area contributed by atoms with Gasteiger partial charge < -0.3 is 10.2 Å². The predicted molar refractivity (Wildman–Crippen MR) is 106 cm³/mol. The van der Waals surface area contributed by atoms with Crippen molar-refractivity contribution in [2.24, 2.45) is 0 Å². The van der Waals surface area contributed by atoms with E-state index in [9.17, 15) is 15.0 Å². The summed E-state index contributed by atoms with van der Waals surface area (Å²) in [7, 11) is 0. The average Bonchev–Trinajstić information content (AvgIpc) is 2.71. The topological polar surface area (TPSA) is 57.5 Å². The Labute approximate surface area is 156 Å². The SMILES string of the molecule is CC(C)(C)c1cc(C2(C(=O)O)CCCSCC2)cc(C(C)(C)C)c1O. The van der Waals surface area contributed by atoms with E-state index in [0.29, 0.717) is 18.6 Å². The van der Waals surface area contributed by atoms with Crippen LogP contribution in [0.3, 0.4) is 0 Å².